The smallest absolute Gasteiger partial charge is 0.242 e. The van der Waals surface area contributed by atoms with Crippen LogP contribution in [0.5, 0.6) is 23.3 Å². The largest absolute Gasteiger partial charge is 0.497 e. The van der Waals surface area contributed by atoms with E-state index in [9.17, 15) is 4.79 Å². The summed E-state index contributed by atoms with van der Waals surface area (Å²) in [4.78, 5) is 26.8. The molecule has 3 aromatic carbocycles. The van der Waals surface area contributed by atoms with Crippen molar-refractivity contribution in [1.29, 1.82) is 0 Å². The van der Waals surface area contributed by atoms with Gasteiger partial charge in [0, 0.05) is 53.8 Å². The first-order valence-electron chi connectivity index (χ1n) is 23.1. The SMILES string of the molecule is CC[C@H]1CN2CC[C@H]1C[C@@H]2[C@@H](Oc1nnc(O[C@@H](c2ccnc3ccc(OC)cc23)[C@H]2C[C@@H]3CCN2C[C@@H]3CC)c2cc(CCC(N)=O)ccc12)c1ccnc2ccc(OC)cc12. The molecular weight excluding hydrogens is 791 g/mol. The van der Waals surface area contributed by atoms with Crippen molar-refractivity contribution in [3.63, 3.8) is 0 Å². The van der Waals surface area contributed by atoms with Crippen LogP contribution >= 0.6 is 0 Å². The summed E-state index contributed by atoms with van der Waals surface area (Å²) in [5.41, 5.74) is 10.5. The zero-order valence-corrected chi connectivity index (χ0v) is 36.9. The van der Waals surface area contributed by atoms with E-state index in [1.54, 1.807) is 14.2 Å². The molecule has 12 heteroatoms. The molecule has 328 valence electrons. The molecule has 6 saturated heterocycles. The van der Waals surface area contributed by atoms with Gasteiger partial charge in [-0.15, -0.1) is 10.2 Å². The Kier molecular flexibility index (Phi) is 11.5. The molecule has 2 unspecified atom stereocenters. The van der Waals surface area contributed by atoms with Crippen molar-refractivity contribution in [3.8, 4) is 23.3 Å². The lowest BCUT2D eigenvalue weighted by molar-refractivity contribution is -0.118. The number of nitrogens with zero attached hydrogens (tertiary/aromatic N) is 6. The number of pyridine rings is 2. The Morgan fingerprint density at radius 3 is 1.67 bits per heavy atom. The number of piperidine rings is 6. The fourth-order valence-electron chi connectivity index (χ4n) is 11.6. The molecule has 9 heterocycles. The third kappa shape index (κ3) is 7.90. The lowest BCUT2D eigenvalue weighted by atomic mass is 9.72. The lowest BCUT2D eigenvalue weighted by Gasteiger charge is -2.52. The van der Waals surface area contributed by atoms with E-state index in [-0.39, 0.29) is 36.6 Å². The maximum absolute atomic E-state index is 12.0. The molecule has 12 nitrogen and oxygen atoms in total. The third-order valence-electron chi connectivity index (χ3n) is 15.1. The van der Waals surface area contributed by atoms with Crippen molar-refractivity contribution < 1.29 is 23.7 Å². The Bertz CT molecular complexity index is 2640. The summed E-state index contributed by atoms with van der Waals surface area (Å²) >= 11 is 0. The average molecular weight is 850 g/mol. The van der Waals surface area contributed by atoms with Crippen LogP contribution in [0.15, 0.2) is 79.1 Å². The lowest BCUT2D eigenvalue weighted by Crippen LogP contribution is -2.56. The van der Waals surface area contributed by atoms with E-state index in [1.165, 1.54) is 25.7 Å². The van der Waals surface area contributed by atoms with E-state index < -0.39 is 0 Å². The van der Waals surface area contributed by atoms with Crippen LogP contribution in [0, 0.1) is 23.7 Å². The number of fused-ring (bicyclic) bond motifs is 9. The first-order valence-corrected chi connectivity index (χ1v) is 23.1. The number of rotatable bonds is 15. The minimum Gasteiger partial charge on any atom is -0.497 e. The highest BCUT2D eigenvalue weighted by Gasteiger charge is 2.46. The van der Waals surface area contributed by atoms with Gasteiger partial charge in [0.2, 0.25) is 17.7 Å². The molecule has 6 aliphatic heterocycles. The number of aromatic nitrogens is 4. The number of hydrogen-bond donors (Lipinski definition) is 1. The van der Waals surface area contributed by atoms with Gasteiger partial charge in [-0.25, -0.2) is 0 Å². The number of nitrogens with two attached hydrogens (primary N) is 1. The standard InChI is InChI=1S/C51H59N7O5/c1-5-31-28-57-21-17-33(31)24-45(57)48(37-15-19-53-43-12-9-35(60-3)26-40(37)43)62-50-39-11-7-30(8-14-47(52)59)23-42(39)51(56-55-50)63-49(46-25-34-18-22-58(46)29-32(34)6-2)38-16-20-54-44-13-10-36(61-4)27-41(38)44/h7,9-13,15-16,19-20,23,26-27,31-34,45-46,48-49H,5-6,8,14,17-18,21-22,24-25,28-29H2,1-4H3,(H2,52,59)/t31-,32-,33-,34-,45+,46+,48-,49-/m0/s1. The molecule has 0 saturated carbocycles. The van der Waals surface area contributed by atoms with Crippen molar-refractivity contribution in [1.82, 2.24) is 30.0 Å². The Labute approximate surface area is 369 Å². The second kappa shape index (κ2) is 17.5. The van der Waals surface area contributed by atoms with Crippen LogP contribution in [-0.2, 0) is 11.2 Å². The van der Waals surface area contributed by atoms with Gasteiger partial charge in [0.1, 0.15) is 23.7 Å². The molecular formula is C51H59N7O5. The van der Waals surface area contributed by atoms with Gasteiger partial charge >= 0.3 is 0 Å². The highest BCUT2D eigenvalue weighted by atomic mass is 16.5. The Hall–Kier alpha value is -5.59. The highest BCUT2D eigenvalue weighted by molar-refractivity contribution is 5.92. The number of aryl methyl sites for hydroxylation is 1. The van der Waals surface area contributed by atoms with E-state index in [2.05, 4.69) is 54.0 Å². The van der Waals surface area contributed by atoms with Gasteiger partial charge in [-0.3, -0.25) is 24.6 Å². The van der Waals surface area contributed by atoms with Crippen molar-refractivity contribution in [2.24, 2.45) is 29.4 Å². The van der Waals surface area contributed by atoms with E-state index in [1.807, 2.05) is 48.8 Å². The van der Waals surface area contributed by atoms with E-state index in [0.717, 1.165) is 99.8 Å². The molecule has 4 bridgehead atoms. The number of carbonyl (C=O) groups is 1. The molecule has 12 rings (SSSR count). The molecule has 1 amide bonds. The first kappa shape index (κ1) is 41.4. The number of primary amides is 1. The van der Waals surface area contributed by atoms with Crippen LogP contribution in [-0.4, -0.2) is 88.4 Å². The predicted octanol–water partition coefficient (Wildman–Crippen LogP) is 8.64. The molecule has 10 atom stereocenters. The molecule has 6 aliphatic rings. The fourth-order valence-corrected chi connectivity index (χ4v) is 11.6. The van der Waals surface area contributed by atoms with Crippen molar-refractivity contribution in [2.45, 2.75) is 89.5 Å². The summed E-state index contributed by atoms with van der Waals surface area (Å²) in [6, 6.07) is 22.7. The zero-order valence-electron chi connectivity index (χ0n) is 36.9. The van der Waals surface area contributed by atoms with E-state index >= 15 is 0 Å². The number of carbonyl (C=O) groups excluding carboxylic acids is 1. The predicted molar refractivity (Wildman–Crippen MR) is 244 cm³/mol. The Balaban J connectivity index is 1.10. The van der Waals surface area contributed by atoms with Gasteiger partial charge in [-0.05, 0) is 135 Å². The van der Waals surface area contributed by atoms with Gasteiger partial charge in [0.05, 0.1) is 48.1 Å². The summed E-state index contributed by atoms with van der Waals surface area (Å²) in [7, 11) is 3.39. The normalized spacial score (nSPS) is 26.2. The summed E-state index contributed by atoms with van der Waals surface area (Å²) in [5.74, 6) is 4.65. The Morgan fingerprint density at radius 2 is 1.21 bits per heavy atom. The number of benzene rings is 3. The summed E-state index contributed by atoms with van der Waals surface area (Å²) in [6.45, 7) is 8.80. The van der Waals surface area contributed by atoms with Gasteiger partial charge in [-0.1, -0.05) is 32.8 Å². The molecule has 2 N–H and O–H groups in total. The molecule has 6 fully saturated rings. The van der Waals surface area contributed by atoms with E-state index in [0.29, 0.717) is 41.9 Å². The maximum atomic E-state index is 12.0. The molecule has 63 heavy (non-hydrogen) atoms. The molecule has 0 radical (unpaired) electrons. The van der Waals surface area contributed by atoms with Gasteiger partial charge in [0.25, 0.3) is 0 Å². The number of ether oxygens (including phenoxy) is 4. The summed E-state index contributed by atoms with van der Waals surface area (Å²) < 4.78 is 26.2. The number of hydrogen-bond acceptors (Lipinski definition) is 11. The molecule has 3 aromatic heterocycles. The number of methoxy groups -OCH3 is 2. The number of amides is 1. The van der Waals surface area contributed by atoms with Crippen LogP contribution in [0.3, 0.4) is 0 Å². The monoisotopic (exact) mass is 849 g/mol. The zero-order chi connectivity index (χ0) is 43.2. The van der Waals surface area contributed by atoms with Gasteiger partial charge < -0.3 is 24.7 Å². The maximum Gasteiger partial charge on any atom is 0.242 e. The van der Waals surface area contributed by atoms with E-state index in [4.69, 9.17) is 44.8 Å². The summed E-state index contributed by atoms with van der Waals surface area (Å²) in [6.07, 6.45) is 10.5. The third-order valence-corrected chi connectivity index (χ3v) is 15.1. The van der Waals surface area contributed by atoms with Crippen LogP contribution in [0.2, 0.25) is 0 Å². The van der Waals surface area contributed by atoms with Crippen LogP contribution < -0.4 is 24.7 Å². The van der Waals surface area contributed by atoms with Crippen LogP contribution in [0.4, 0.5) is 0 Å². The average Bonchev–Trinajstić information content (AvgIpc) is 3.34. The Morgan fingerprint density at radius 1 is 0.683 bits per heavy atom. The van der Waals surface area contributed by atoms with Gasteiger partial charge in [0.15, 0.2) is 0 Å². The quantitative estimate of drug-likeness (QED) is 0.106. The molecule has 0 aliphatic carbocycles. The first-order chi connectivity index (χ1) is 30.8. The van der Waals surface area contributed by atoms with Crippen molar-refractivity contribution >= 4 is 38.5 Å². The second-order valence-corrected chi connectivity index (χ2v) is 18.3. The van der Waals surface area contributed by atoms with Crippen LogP contribution in [0.25, 0.3) is 32.6 Å². The van der Waals surface area contributed by atoms with Crippen molar-refractivity contribution in [3.05, 3.63) is 95.8 Å². The topological polar surface area (TPSA) is 138 Å². The second-order valence-electron chi connectivity index (χ2n) is 18.3. The highest BCUT2D eigenvalue weighted by Crippen LogP contribution is 2.48. The van der Waals surface area contributed by atoms with Crippen LogP contribution in [0.1, 0.15) is 87.7 Å². The molecule has 0 spiro atoms. The van der Waals surface area contributed by atoms with Gasteiger partial charge in [-0.2, -0.15) is 0 Å². The fraction of sp³-hybridized carbons (Fsp3) is 0.471. The van der Waals surface area contributed by atoms with Crippen molar-refractivity contribution in [2.75, 3.05) is 40.4 Å². The minimum absolute atomic E-state index is 0.109. The summed E-state index contributed by atoms with van der Waals surface area (Å²) in [5, 5.41) is 13.5. The molecule has 6 aromatic rings. The minimum atomic E-state index is -0.384.